The minimum Gasteiger partial charge on any atom is -0.497 e. The quantitative estimate of drug-likeness (QED) is 0.532. The van der Waals surface area contributed by atoms with Crippen molar-refractivity contribution >= 4 is 34.4 Å². The molecule has 3 aromatic rings. The minimum absolute atomic E-state index is 0.268. The van der Waals surface area contributed by atoms with Crippen LogP contribution in [0.25, 0.3) is 5.57 Å². The Bertz CT molecular complexity index is 1240. The number of aryl methyl sites for hydroxylation is 1. The first kappa shape index (κ1) is 21.8. The van der Waals surface area contributed by atoms with Crippen LogP contribution in [-0.4, -0.2) is 32.0 Å². The van der Waals surface area contributed by atoms with Crippen LogP contribution >= 0.6 is 0 Å². The van der Waals surface area contributed by atoms with E-state index in [0.717, 1.165) is 24.3 Å². The number of methoxy groups -OCH3 is 1. The number of benzene rings is 3. The van der Waals surface area contributed by atoms with Crippen LogP contribution in [0, 0.1) is 6.92 Å². The van der Waals surface area contributed by atoms with E-state index in [1.807, 2.05) is 31.2 Å². The second kappa shape index (κ2) is 9.06. The Labute approximate surface area is 199 Å². The van der Waals surface area contributed by atoms with E-state index in [1.54, 1.807) is 43.5 Å². The summed E-state index contributed by atoms with van der Waals surface area (Å²) in [7, 11) is 1.59. The van der Waals surface area contributed by atoms with E-state index in [0.29, 0.717) is 22.6 Å². The zero-order valence-electron chi connectivity index (χ0n) is 19.4. The Kier molecular flexibility index (Phi) is 5.80. The molecule has 2 aliphatic rings. The zero-order chi connectivity index (χ0) is 23.7. The fourth-order valence-corrected chi connectivity index (χ4v) is 4.47. The van der Waals surface area contributed by atoms with Crippen molar-refractivity contribution in [1.82, 2.24) is 0 Å². The van der Waals surface area contributed by atoms with Crippen molar-refractivity contribution in [3.63, 3.8) is 0 Å². The molecule has 6 heteroatoms. The molecule has 0 unspecified atom stereocenters. The predicted molar refractivity (Wildman–Crippen MR) is 135 cm³/mol. The molecule has 2 heterocycles. The number of carbonyl (C=O) groups excluding carboxylic acids is 2. The number of amides is 2. The highest BCUT2D eigenvalue weighted by atomic mass is 16.5. The van der Waals surface area contributed by atoms with Crippen LogP contribution in [0.2, 0.25) is 0 Å². The maximum absolute atomic E-state index is 13.6. The fraction of sp³-hybridized carbons (Fsp3) is 0.214. The molecule has 2 aliphatic heterocycles. The third-order valence-corrected chi connectivity index (χ3v) is 6.36. The summed E-state index contributed by atoms with van der Waals surface area (Å²) in [6.07, 6.45) is 2.42. The third kappa shape index (κ3) is 4.03. The molecular weight excluding hydrogens is 426 g/mol. The summed E-state index contributed by atoms with van der Waals surface area (Å²) in [6, 6.07) is 22.6. The van der Waals surface area contributed by atoms with E-state index in [4.69, 9.17) is 4.74 Å². The highest BCUT2D eigenvalue weighted by Gasteiger charge is 2.40. The fourth-order valence-electron chi connectivity index (χ4n) is 4.47. The molecule has 0 bridgehead atoms. The molecule has 172 valence electrons. The number of carbonyl (C=O) groups is 2. The van der Waals surface area contributed by atoms with Gasteiger partial charge in [0.05, 0.1) is 18.4 Å². The van der Waals surface area contributed by atoms with Crippen LogP contribution in [-0.2, 0) is 9.59 Å². The molecule has 1 fully saturated rings. The second-order valence-corrected chi connectivity index (χ2v) is 8.63. The van der Waals surface area contributed by atoms with E-state index in [-0.39, 0.29) is 17.5 Å². The summed E-state index contributed by atoms with van der Waals surface area (Å²) >= 11 is 0. The second-order valence-electron chi connectivity index (χ2n) is 8.63. The van der Waals surface area contributed by atoms with Crippen molar-refractivity contribution in [3.05, 3.63) is 89.6 Å². The monoisotopic (exact) mass is 453 g/mol. The number of nitrogens with one attached hydrogen (secondary N) is 1. The topological polar surface area (TPSA) is 61.9 Å². The van der Waals surface area contributed by atoms with Crippen molar-refractivity contribution in [3.8, 4) is 5.75 Å². The number of hydrogen-bond acceptors (Lipinski definition) is 5. The van der Waals surface area contributed by atoms with Crippen molar-refractivity contribution in [2.45, 2.75) is 19.8 Å². The van der Waals surface area contributed by atoms with Crippen molar-refractivity contribution in [2.75, 3.05) is 35.3 Å². The molecule has 0 aromatic heterocycles. The summed E-state index contributed by atoms with van der Waals surface area (Å²) in [4.78, 5) is 30.7. The number of rotatable bonds is 6. The van der Waals surface area contributed by atoms with Crippen LogP contribution in [0.3, 0.4) is 0 Å². The molecule has 0 aliphatic carbocycles. The molecule has 5 rings (SSSR count). The van der Waals surface area contributed by atoms with Gasteiger partial charge in [-0.25, -0.2) is 4.90 Å². The van der Waals surface area contributed by atoms with Crippen LogP contribution in [0.15, 0.2) is 78.5 Å². The molecular formula is C28H27N3O3. The first-order chi connectivity index (χ1) is 16.5. The van der Waals surface area contributed by atoms with Crippen LogP contribution in [0.1, 0.15) is 24.0 Å². The Morgan fingerprint density at radius 1 is 0.765 bits per heavy atom. The van der Waals surface area contributed by atoms with Gasteiger partial charge in [-0.05, 0) is 73.9 Å². The Morgan fingerprint density at radius 2 is 1.38 bits per heavy atom. The maximum Gasteiger partial charge on any atom is 0.282 e. The molecule has 1 N–H and O–H groups in total. The predicted octanol–water partition coefficient (Wildman–Crippen LogP) is 5.00. The normalized spacial score (nSPS) is 15.9. The van der Waals surface area contributed by atoms with Gasteiger partial charge in [0.15, 0.2) is 0 Å². The number of imide groups is 1. The molecule has 1 saturated heterocycles. The van der Waals surface area contributed by atoms with Crippen molar-refractivity contribution < 1.29 is 14.3 Å². The van der Waals surface area contributed by atoms with Gasteiger partial charge >= 0.3 is 0 Å². The van der Waals surface area contributed by atoms with E-state index in [9.17, 15) is 9.59 Å². The highest BCUT2D eigenvalue weighted by Crippen LogP contribution is 2.35. The van der Waals surface area contributed by atoms with Gasteiger partial charge in [-0.1, -0.05) is 29.8 Å². The van der Waals surface area contributed by atoms with Crippen LogP contribution in [0.4, 0.5) is 17.1 Å². The van der Waals surface area contributed by atoms with Crippen molar-refractivity contribution in [2.24, 2.45) is 0 Å². The average Bonchev–Trinajstić information content (AvgIpc) is 3.48. The van der Waals surface area contributed by atoms with Crippen LogP contribution < -0.4 is 19.9 Å². The van der Waals surface area contributed by atoms with E-state index >= 15 is 0 Å². The van der Waals surface area contributed by atoms with Crippen molar-refractivity contribution in [1.29, 1.82) is 0 Å². The lowest BCUT2D eigenvalue weighted by atomic mass is 10.0. The molecule has 2 amide bonds. The molecule has 3 aromatic carbocycles. The van der Waals surface area contributed by atoms with E-state index in [2.05, 4.69) is 22.3 Å². The van der Waals surface area contributed by atoms with E-state index in [1.165, 1.54) is 23.4 Å². The zero-order valence-corrected chi connectivity index (χ0v) is 19.4. The maximum atomic E-state index is 13.6. The number of nitrogens with zero attached hydrogens (tertiary/aromatic N) is 2. The van der Waals surface area contributed by atoms with Crippen LogP contribution in [0.5, 0.6) is 5.75 Å². The Balaban J connectivity index is 1.51. The Morgan fingerprint density at radius 3 is 2.00 bits per heavy atom. The third-order valence-electron chi connectivity index (χ3n) is 6.36. The number of ether oxygens (including phenoxy) is 1. The first-order valence-corrected chi connectivity index (χ1v) is 11.5. The van der Waals surface area contributed by atoms with Gasteiger partial charge in [-0.3, -0.25) is 9.59 Å². The van der Waals surface area contributed by atoms with Gasteiger partial charge in [-0.2, -0.15) is 0 Å². The Hall–Kier alpha value is -4.06. The molecule has 0 atom stereocenters. The van der Waals surface area contributed by atoms with Gasteiger partial charge in [0.25, 0.3) is 11.8 Å². The van der Waals surface area contributed by atoms with Gasteiger partial charge < -0.3 is 15.0 Å². The number of hydrogen-bond donors (Lipinski definition) is 1. The van der Waals surface area contributed by atoms with Gasteiger partial charge in [0, 0.05) is 24.5 Å². The lowest BCUT2D eigenvalue weighted by Crippen LogP contribution is -2.32. The standard InChI is InChI=1S/C28H27N3O3/c1-19-5-11-23(12-6-19)31-27(32)25(20-7-15-24(34-2)16-8-20)26(28(31)33)29-21-9-13-22(14-10-21)30-17-3-4-18-30/h5-16,29H,3-4,17-18H2,1-2H3. The molecule has 0 spiro atoms. The lowest BCUT2D eigenvalue weighted by Gasteiger charge is -2.18. The molecule has 6 nitrogen and oxygen atoms in total. The molecule has 0 saturated carbocycles. The van der Waals surface area contributed by atoms with E-state index < -0.39 is 0 Å². The summed E-state index contributed by atoms with van der Waals surface area (Å²) < 4.78 is 5.26. The lowest BCUT2D eigenvalue weighted by molar-refractivity contribution is -0.120. The smallest absolute Gasteiger partial charge is 0.282 e. The SMILES string of the molecule is COc1ccc(C2=C(Nc3ccc(N4CCCC4)cc3)C(=O)N(c3ccc(C)cc3)C2=O)cc1. The largest absolute Gasteiger partial charge is 0.497 e. The first-order valence-electron chi connectivity index (χ1n) is 11.5. The minimum atomic E-state index is -0.372. The van der Waals surface area contributed by atoms with Gasteiger partial charge in [0.1, 0.15) is 11.4 Å². The number of anilines is 3. The average molecular weight is 454 g/mol. The summed E-state index contributed by atoms with van der Waals surface area (Å²) in [5.74, 6) is -0.0398. The summed E-state index contributed by atoms with van der Waals surface area (Å²) in [6.45, 7) is 4.10. The van der Waals surface area contributed by atoms with Gasteiger partial charge in [-0.15, -0.1) is 0 Å². The molecule has 34 heavy (non-hydrogen) atoms. The summed E-state index contributed by atoms with van der Waals surface area (Å²) in [5.41, 5.74) is 4.81. The van der Waals surface area contributed by atoms with Gasteiger partial charge in [0.2, 0.25) is 0 Å². The molecule has 0 radical (unpaired) electrons. The summed E-state index contributed by atoms with van der Waals surface area (Å²) in [5, 5.41) is 3.24. The highest BCUT2D eigenvalue weighted by molar-refractivity contribution is 6.46.